The highest BCUT2D eigenvalue weighted by Gasteiger charge is 2.73. The Morgan fingerprint density at radius 3 is 2.54 bits per heavy atom. The fraction of sp³-hybridized carbons (Fsp3) is 0.667. The molecule has 3 N–H and O–H groups in total. The van der Waals surface area contributed by atoms with Gasteiger partial charge in [0, 0.05) is 30.6 Å². The lowest BCUT2D eigenvalue weighted by Gasteiger charge is -2.34. The Morgan fingerprint density at radius 2 is 1.86 bits per heavy atom. The van der Waals surface area contributed by atoms with E-state index in [1.165, 1.54) is 0 Å². The minimum atomic E-state index is -0.587. The van der Waals surface area contributed by atoms with Gasteiger partial charge in [-0.2, -0.15) is 0 Å². The van der Waals surface area contributed by atoms with Crippen LogP contribution < -0.4 is 10.6 Å². The number of fused-ring (bicyclic) bond motifs is 1. The van der Waals surface area contributed by atoms with Crippen molar-refractivity contribution in [3.63, 3.8) is 0 Å². The monoisotopic (exact) mass is 501 g/mol. The first-order valence-corrected chi connectivity index (χ1v) is 14.0. The van der Waals surface area contributed by atoms with Gasteiger partial charge in [-0.3, -0.25) is 14.4 Å². The average molecular weight is 502 g/mol. The highest BCUT2D eigenvalue weighted by atomic mass is 32.2. The van der Waals surface area contributed by atoms with Crippen LogP contribution >= 0.6 is 11.8 Å². The molecule has 0 saturated carbocycles. The van der Waals surface area contributed by atoms with E-state index in [1.807, 2.05) is 39.0 Å². The number of benzene rings is 1. The SMILES string of the molecule is CCCNC(=O)[C@@H]1[C@@H]2CCC3(S2)C(C(=O)Nc2c(C)cccc2C)N(CCCCCCO)C(=O)[C@H]13. The second-order valence-corrected chi connectivity index (χ2v) is 11.9. The summed E-state index contributed by atoms with van der Waals surface area (Å²) in [5, 5.41) is 15.4. The number of amides is 3. The van der Waals surface area contributed by atoms with Crippen LogP contribution in [0.4, 0.5) is 5.69 Å². The number of likely N-dealkylation sites (tertiary alicyclic amines) is 1. The van der Waals surface area contributed by atoms with E-state index in [1.54, 1.807) is 16.7 Å². The molecule has 1 aromatic carbocycles. The van der Waals surface area contributed by atoms with Crippen LogP contribution in [0.3, 0.4) is 0 Å². The van der Waals surface area contributed by atoms with Crippen LogP contribution in [0.5, 0.6) is 0 Å². The van der Waals surface area contributed by atoms with Gasteiger partial charge >= 0.3 is 0 Å². The van der Waals surface area contributed by atoms with E-state index >= 15 is 0 Å². The number of aliphatic hydroxyl groups excluding tert-OH is 1. The lowest BCUT2D eigenvalue weighted by molar-refractivity contribution is -0.139. The van der Waals surface area contributed by atoms with Crippen molar-refractivity contribution in [1.29, 1.82) is 0 Å². The van der Waals surface area contributed by atoms with Crippen molar-refractivity contribution < 1.29 is 19.5 Å². The van der Waals surface area contributed by atoms with Gasteiger partial charge in [0.25, 0.3) is 0 Å². The highest BCUT2D eigenvalue weighted by Crippen LogP contribution is 2.66. The van der Waals surface area contributed by atoms with Crippen molar-refractivity contribution in [2.45, 2.75) is 81.8 Å². The van der Waals surface area contributed by atoms with E-state index in [0.29, 0.717) is 13.1 Å². The maximum Gasteiger partial charge on any atom is 0.248 e. The Hall–Kier alpha value is -2.06. The molecule has 7 nitrogen and oxygen atoms in total. The van der Waals surface area contributed by atoms with Gasteiger partial charge in [-0.15, -0.1) is 11.8 Å². The molecule has 0 radical (unpaired) electrons. The molecular formula is C27H39N3O4S. The number of para-hydroxylation sites is 1. The molecule has 1 aromatic rings. The van der Waals surface area contributed by atoms with Crippen LogP contribution in [-0.4, -0.2) is 63.5 Å². The normalized spacial score (nSPS) is 28.9. The van der Waals surface area contributed by atoms with E-state index in [4.69, 9.17) is 5.11 Å². The molecule has 3 aliphatic heterocycles. The number of aryl methyl sites for hydroxylation is 2. The van der Waals surface area contributed by atoms with E-state index < -0.39 is 16.7 Å². The Bertz CT molecular complexity index is 949. The third-order valence-electron chi connectivity index (χ3n) is 7.94. The molecular weight excluding hydrogens is 462 g/mol. The molecule has 5 atom stereocenters. The average Bonchev–Trinajstić information content (AvgIpc) is 3.47. The van der Waals surface area contributed by atoms with E-state index in [0.717, 1.165) is 61.8 Å². The molecule has 3 amide bonds. The standard InChI is InChI=1S/C27H39N3O4S/c1-4-14-28-24(32)20-19-12-13-27(35-19)21(20)26(34)30(15-7-5-6-8-16-31)23(27)25(33)29-22-17(2)10-9-11-18(22)3/h9-11,19-21,23,31H,4-8,12-16H2,1-3H3,(H,28,32)(H,29,33)/t19-,20+,21-,23?,27?/m0/s1. The Labute approximate surface area is 212 Å². The van der Waals surface area contributed by atoms with Gasteiger partial charge in [-0.05, 0) is 57.1 Å². The molecule has 0 aliphatic carbocycles. The van der Waals surface area contributed by atoms with Crippen LogP contribution in [0.2, 0.25) is 0 Å². The molecule has 2 bridgehead atoms. The van der Waals surface area contributed by atoms with Gasteiger partial charge in [-0.1, -0.05) is 38.0 Å². The third kappa shape index (κ3) is 4.71. The highest BCUT2D eigenvalue weighted by molar-refractivity contribution is 8.02. The van der Waals surface area contributed by atoms with E-state index in [-0.39, 0.29) is 35.5 Å². The number of rotatable bonds is 11. The summed E-state index contributed by atoms with van der Waals surface area (Å²) in [5.74, 6) is -1.04. The molecule has 3 fully saturated rings. The lowest BCUT2D eigenvalue weighted by Crippen LogP contribution is -2.52. The number of carbonyl (C=O) groups excluding carboxylic acids is 3. The molecule has 8 heteroatoms. The first kappa shape index (κ1) is 26.0. The summed E-state index contributed by atoms with van der Waals surface area (Å²) in [5.41, 5.74) is 2.79. The van der Waals surface area contributed by atoms with Gasteiger partial charge in [0.15, 0.2) is 0 Å². The molecule has 192 valence electrons. The predicted octanol–water partition coefficient (Wildman–Crippen LogP) is 3.41. The lowest BCUT2D eigenvalue weighted by atomic mass is 9.70. The van der Waals surface area contributed by atoms with Crippen molar-refractivity contribution in [3.05, 3.63) is 29.3 Å². The van der Waals surface area contributed by atoms with E-state index in [9.17, 15) is 14.4 Å². The summed E-state index contributed by atoms with van der Waals surface area (Å²) in [6.07, 6.45) is 5.80. The summed E-state index contributed by atoms with van der Waals surface area (Å²) < 4.78 is -0.554. The smallest absolute Gasteiger partial charge is 0.248 e. The van der Waals surface area contributed by atoms with Crippen molar-refractivity contribution >= 4 is 35.2 Å². The first-order valence-electron chi connectivity index (χ1n) is 13.1. The number of nitrogens with one attached hydrogen (secondary N) is 2. The minimum absolute atomic E-state index is 0.0389. The molecule has 1 spiro atoms. The predicted molar refractivity (Wildman–Crippen MR) is 139 cm³/mol. The number of aliphatic hydroxyl groups is 1. The Balaban J connectivity index is 1.63. The molecule has 3 heterocycles. The first-order chi connectivity index (χ1) is 16.9. The molecule has 3 saturated heterocycles. The molecule has 4 rings (SSSR count). The van der Waals surface area contributed by atoms with Crippen LogP contribution in [0.15, 0.2) is 18.2 Å². The second kappa shape index (κ2) is 10.9. The van der Waals surface area contributed by atoms with Gasteiger partial charge in [0.05, 0.1) is 16.6 Å². The summed E-state index contributed by atoms with van der Waals surface area (Å²) >= 11 is 1.71. The zero-order chi connectivity index (χ0) is 25.2. The number of hydrogen-bond acceptors (Lipinski definition) is 5. The number of anilines is 1. The molecule has 3 aliphatic rings. The summed E-state index contributed by atoms with van der Waals surface area (Å²) in [6.45, 7) is 7.25. The van der Waals surface area contributed by atoms with Crippen molar-refractivity contribution in [2.24, 2.45) is 11.8 Å². The van der Waals surface area contributed by atoms with Crippen molar-refractivity contribution in [2.75, 3.05) is 25.0 Å². The number of carbonyl (C=O) groups is 3. The van der Waals surface area contributed by atoms with Crippen LogP contribution in [0, 0.1) is 25.7 Å². The Kier molecular flexibility index (Phi) is 8.11. The molecule has 0 aromatic heterocycles. The summed E-state index contributed by atoms with van der Waals surface area (Å²) in [4.78, 5) is 42.8. The maximum atomic E-state index is 13.9. The fourth-order valence-electron chi connectivity index (χ4n) is 6.31. The summed E-state index contributed by atoms with van der Waals surface area (Å²) in [6, 6.07) is 5.34. The number of unbranched alkanes of at least 4 members (excludes halogenated alkanes) is 3. The van der Waals surface area contributed by atoms with Crippen molar-refractivity contribution in [1.82, 2.24) is 10.2 Å². The molecule has 2 unspecified atom stereocenters. The largest absolute Gasteiger partial charge is 0.396 e. The van der Waals surface area contributed by atoms with Crippen LogP contribution in [-0.2, 0) is 14.4 Å². The Morgan fingerprint density at radius 1 is 1.14 bits per heavy atom. The van der Waals surface area contributed by atoms with Gasteiger partial charge < -0.3 is 20.6 Å². The fourth-order valence-corrected chi connectivity index (χ4v) is 8.53. The molecule has 35 heavy (non-hydrogen) atoms. The third-order valence-corrected chi connectivity index (χ3v) is 9.89. The zero-order valence-electron chi connectivity index (χ0n) is 21.1. The van der Waals surface area contributed by atoms with Gasteiger partial charge in [-0.25, -0.2) is 0 Å². The number of nitrogens with zero attached hydrogens (tertiary/aromatic N) is 1. The van der Waals surface area contributed by atoms with Crippen LogP contribution in [0.25, 0.3) is 0 Å². The van der Waals surface area contributed by atoms with Crippen LogP contribution in [0.1, 0.15) is 63.0 Å². The topological polar surface area (TPSA) is 98.7 Å². The van der Waals surface area contributed by atoms with Gasteiger partial charge in [0.1, 0.15) is 6.04 Å². The summed E-state index contributed by atoms with van der Waals surface area (Å²) in [7, 11) is 0. The maximum absolute atomic E-state index is 13.9. The zero-order valence-corrected chi connectivity index (χ0v) is 22.0. The van der Waals surface area contributed by atoms with E-state index in [2.05, 4.69) is 10.6 Å². The second-order valence-electron chi connectivity index (χ2n) is 10.3. The van der Waals surface area contributed by atoms with Crippen molar-refractivity contribution in [3.8, 4) is 0 Å². The number of hydrogen-bond donors (Lipinski definition) is 3. The van der Waals surface area contributed by atoms with Gasteiger partial charge in [0.2, 0.25) is 17.7 Å². The number of thioether (sulfide) groups is 1. The minimum Gasteiger partial charge on any atom is -0.396 e. The quantitative estimate of drug-likeness (QED) is 0.404.